The van der Waals surface area contributed by atoms with E-state index in [0.29, 0.717) is 5.69 Å². The van der Waals surface area contributed by atoms with Crippen LogP contribution in [-0.2, 0) is 10.0 Å². The van der Waals surface area contributed by atoms with E-state index in [1.807, 2.05) is 30.3 Å². The zero-order valence-electron chi connectivity index (χ0n) is 13.0. The summed E-state index contributed by atoms with van der Waals surface area (Å²) in [6.45, 7) is 0. The van der Waals surface area contributed by atoms with Crippen LogP contribution in [-0.4, -0.2) is 13.4 Å². The lowest BCUT2D eigenvalue weighted by molar-refractivity contribution is 0.601. The van der Waals surface area contributed by atoms with E-state index in [1.54, 1.807) is 24.3 Å². The van der Waals surface area contributed by atoms with Gasteiger partial charge in [0, 0.05) is 17.0 Å². The Morgan fingerprint density at radius 1 is 0.840 bits per heavy atom. The fourth-order valence-corrected chi connectivity index (χ4v) is 4.14. The fourth-order valence-electron chi connectivity index (χ4n) is 2.86. The summed E-state index contributed by atoms with van der Waals surface area (Å²) in [5.74, 6) is -0.556. The smallest absolute Gasteiger partial charge is 0.262 e. The number of hydrogen-bond acceptors (Lipinski definition) is 3. The maximum atomic E-state index is 13.9. The van der Waals surface area contributed by atoms with Gasteiger partial charge in [0.15, 0.2) is 0 Å². The third-order valence-electron chi connectivity index (χ3n) is 4.00. The van der Waals surface area contributed by atoms with Crippen molar-refractivity contribution in [2.45, 2.75) is 4.90 Å². The second-order valence-corrected chi connectivity index (χ2v) is 7.23. The van der Waals surface area contributed by atoms with Crippen LogP contribution in [0.1, 0.15) is 0 Å². The summed E-state index contributed by atoms with van der Waals surface area (Å²) in [5, 5.41) is 1.96. The second kappa shape index (κ2) is 5.82. The van der Waals surface area contributed by atoms with Gasteiger partial charge in [0.05, 0.1) is 10.6 Å². The first-order chi connectivity index (χ1) is 12.1. The Balaban J connectivity index is 1.87. The number of benzene rings is 3. The number of anilines is 1. The van der Waals surface area contributed by atoms with Crippen LogP contribution in [0.3, 0.4) is 0 Å². The van der Waals surface area contributed by atoms with Gasteiger partial charge in [-0.1, -0.05) is 36.4 Å². The normalized spacial score (nSPS) is 11.7. The molecule has 0 aliphatic heterocycles. The molecule has 4 nitrogen and oxygen atoms in total. The summed E-state index contributed by atoms with van der Waals surface area (Å²) in [4.78, 5) is 3.94. The Kier molecular flexibility index (Phi) is 3.62. The first-order valence-corrected chi connectivity index (χ1v) is 9.08. The maximum Gasteiger partial charge on any atom is 0.262 e. The molecule has 0 unspecified atom stereocenters. The molecule has 0 bridgehead atoms. The SMILES string of the molecule is O=S(=O)(Nc1cccc2ccccc12)c1ccc(F)c2ncccc12. The highest BCUT2D eigenvalue weighted by Crippen LogP contribution is 2.29. The maximum absolute atomic E-state index is 13.9. The topological polar surface area (TPSA) is 59.1 Å². The standard InChI is InChI=1S/C19H13FN2O2S/c20-16-10-11-18(15-8-4-12-21-19(15)16)25(23,24)22-17-9-3-6-13-5-1-2-7-14(13)17/h1-12,22H. The van der Waals surface area contributed by atoms with Crippen molar-refractivity contribution in [1.82, 2.24) is 4.98 Å². The number of nitrogens with one attached hydrogen (secondary N) is 1. The van der Waals surface area contributed by atoms with E-state index < -0.39 is 15.8 Å². The number of sulfonamides is 1. The molecule has 0 saturated heterocycles. The Hall–Kier alpha value is -2.99. The van der Waals surface area contributed by atoms with Gasteiger partial charge in [0.1, 0.15) is 11.3 Å². The third kappa shape index (κ3) is 2.70. The van der Waals surface area contributed by atoms with E-state index in [2.05, 4.69) is 9.71 Å². The largest absolute Gasteiger partial charge is 0.279 e. The Labute approximate surface area is 144 Å². The zero-order valence-corrected chi connectivity index (χ0v) is 13.8. The van der Waals surface area contributed by atoms with E-state index in [9.17, 15) is 12.8 Å². The third-order valence-corrected chi connectivity index (χ3v) is 5.43. The van der Waals surface area contributed by atoms with Gasteiger partial charge in [-0.05, 0) is 35.7 Å². The lowest BCUT2D eigenvalue weighted by Crippen LogP contribution is -2.14. The van der Waals surface area contributed by atoms with Crippen LogP contribution in [0, 0.1) is 5.82 Å². The molecule has 4 rings (SSSR count). The van der Waals surface area contributed by atoms with E-state index in [0.717, 1.165) is 16.8 Å². The molecule has 4 aromatic rings. The van der Waals surface area contributed by atoms with Crippen molar-refractivity contribution in [3.05, 3.63) is 78.7 Å². The van der Waals surface area contributed by atoms with Crippen LogP contribution in [0.2, 0.25) is 0 Å². The molecule has 0 aliphatic rings. The second-order valence-electron chi connectivity index (χ2n) is 5.58. The molecule has 1 aromatic heterocycles. The Morgan fingerprint density at radius 2 is 1.60 bits per heavy atom. The van der Waals surface area contributed by atoms with Gasteiger partial charge in [-0.2, -0.15) is 0 Å². The van der Waals surface area contributed by atoms with Crippen molar-refractivity contribution in [2.24, 2.45) is 0 Å². The minimum absolute atomic E-state index is 0.00932. The van der Waals surface area contributed by atoms with E-state index in [-0.39, 0.29) is 15.8 Å². The molecule has 0 saturated carbocycles. The summed E-state index contributed by atoms with van der Waals surface area (Å²) in [7, 11) is -3.90. The predicted molar refractivity (Wildman–Crippen MR) is 96.5 cm³/mol. The molecule has 0 fully saturated rings. The van der Waals surface area contributed by atoms with Crippen molar-refractivity contribution in [3.8, 4) is 0 Å². The van der Waals surface area contributed by atoms with Crippen LogP contribution < -0.4 is 4.72 Å². The van der Waals surface area contributed by atoms with Gasteiger partial charge in [0.25, 0.3) is 10.0 Å². The quantitative estimate of drug-likeness (QED) is 0.597. The Bertz CT molecular complexity index is 1200. The first kappa shape index (κ1) is 15.5. The van der Waals surface area contributed by atoms with Crippen molar-refractivity contribution >= 4 is 37.4 Å². The van der Waals surface area contributed by atoms with Crippen LogP contribution in [0.15, 0.2) is 77.8 Å². The highest BCUT2D eigenvalue weighted by atomic mass is 32.2. The lowest BCUT2D eigenvalue weighted by atomic mass is 10.1. The molecule has 6 heteroatoms. The summed E-state index contributed by atoms with van der Waals surface area (Å²) >= 11 is 0. The fraction of sp³-hybridized carbons (Fsp3) is 0. The molecule has 0 radical (unpaired) electrons. The lowest BCUT2D eigenvalue weighted by Gasteiger charge is -2.12. The van der Waals surface area contributed by atoms with Gasteiger partial charge in [-0.3, -0.25) is 9.71 Å². The van der Waals surface area contributed by atoms with Crippen molar-refractivity contribution < 1.29 is 12.8 Å². The predicted octanol–water partition coefficient (Wildman–Crippen LogP) is 4.33. The molecule has 124 valence electrons. The van der Waals surface area contributed by atoms with Crippen LogP contribution in [0.4, 0.5) is 10.1 Å². The number of rotatable bonds is 3. The molecule has 0 aliphatic carbocycles. The summed E-state index contributed by atoms with van der Waals surface area (Å²) < 4.78 is 42.3. The monoisotopic (exact) mass is 352 g/mol. The molecular formula is C19H13FN2O2S. The van der Waals surface area contributed by atoms with Crippen LogP contribution in [0.5, 0.6) is 0 Å². The summed E-state index contributed by atoms with van der Waals surface area (Å²) in [6.07, 6.45) is 1.43. The number of nitrogens with zero attached hydrogens (tertiary/aromatic N) is 1. The van der Waals surface area contributed by atoms with Crippen molar-refractivity contribution in [2.75, 3.05) is 4.72 Å². The van der Waals surface area contributed by atoms with E-state index in [4.69, 9.17) is 0 Å². The first-order valence-electron chi connectivity index (χ1n) is 7.60. The van der Waals surface area contributed by atoms with Gasteiger partial charge in [0.2, 0.25) is 0 Å². The minimum Gasteiger partial charge on any atom is -0.279 e. The number of hydrogen-bond donors (Lipinski definition) is 1. The summed E-state index contributed by atoms with van der Waals surface area (Å²) in [5.41, 5.74) is 0.503. The number of pyridine rings is 1. The summed E-state index contributed by atoms with van der Waals surface area (Å²) in [6, 6.07) is 18.4. The molecule has 3 aromatic carbocycles. The van der Waals surface area contributed by atoms with Crippen LogP contribution in [0.25, 0.3) is 21.7 Å². The molecule has 1 heterocycles. The molecule has 0 spiro atoms. The van der Waals surface area contributed by atoms with Gasteiger partial charge >= 0.3 is 0 Å². The van der Waals surface area contributed by atoms with Gasteiger partial charge in [-0.15, -0.1) is 0 Å². The molecular weight excluding hydrogens is 339 g/mol. The number of aromatic nitrogens is 1. The average molecular weight is 352 g/mol. The molecule has 1 N–H and O–H groups in total. The zero-order chi connectivity index (χ0) is 17.4. The average Bonchev–Trinajstić information content (AvgIpc) is 2.62. The Morgan fingerprint density at radius 3 is 2.48 bits per heavy atom. The molecule has 0 atom stereocenters. The highest BCUT2D eigenvalue weighted by molar-refractivity contribution is 7.93. The van der Waals surface area contributed by atoms with E-state index in [1.165, 1.54) is 12.3 Å². The molecule has 0 amide bonds. The van der Waals surface area contributed by atoms with Crippen LogP contribution >= 0.6 is 0 Å². The van der Waals surface area contributed by atoms with Crippen molar-refractivity contribution in [1.29, 1.82) is 0 Å². The number of fused-ring (bicyclic) bond motifs is 2. The van der Waals surface area contributed by atoms with E-state index >= 15 is 0 Å². The molecule has 25 heavy (non-hydrogen) atoms. The number of halogens is 1. The minimum atomic E-state index is -3.90. The van der Waals surface area contributed by atoms with Gasteiger partial charge < -0.3 is 0 Å². The van der Waals surface area contributed by atoms with Gasteiger partial charge in [-0.25, -0.2) is 12.8 Å². The highest BCUT2D eigenvalue weighted by Gasteiger charge is 2.20. The van der Waals surface area contributed by atoms with Crippen molar-refractivity contribution in [3.63, 3.8) is 0 Å².